The van der Waals surface area contributed by atoms with Crippen molar-refractivity contribution in [3.8, 4) is 0 Å². The Morgan fingerprint density at radius 3 is 2.23 bits per heavy atom. The van der Waals surface area contributed by atoms with E-state index in [0.717, 1.165) is 6.07 Å². The van der Waals surface area contributed by atoms with E-state index >= 15 is 0 Å². The van der Waals surface area contributed by atoms with Crippen LogP contribution in [-0.2, 0) is 4.79 Å². The molecule has 0 aliphatic carbocycles. The summed E-state index contributed by atoms with van der Waals surface area (Å²) in [6.07, 6.45) is -1.28. The molecule has 0 heterocycles. The lowest BCUT2D eigenvalue weighted by atomic mass is 10.2. The molecule has 0 spiro atoms. The van der Waals surface area contributed by atoms with Crippen LogP contribution in [0.5, 0.6) is 0 Å². The van der Waals surface area contributed by atoms with Gasteiger partial charge in [0.2, 0.25) is 9.70 Å². The van der Waals surface area contributed by atoms with Crippen LogP contribution in [0.15, 0.2) is 48.5 Å². The van der Waals surface area contributed by atoms with E-state index in [1.807, 2.05) is 0 Å². The van der Waals surface area contributed by atoms with Gasteiger partial charge in [-0.05, 0) is 36.5 Å². The van der Waals surface area contributed by atoms with Crippen LogP contribution in [-0.4, -0.2) is 31.8 Å². The topological polar surface area (TPSA) is 125 Å². The Morgan fingerprint density at radius 2 is 1.65 bits per heavy atom. The van der Waals surface area contributed by atoms with Crippen LogP contribution in [0, 0.1) is 10.1 Å². The molecule has 1 unspecified atom stereocenters. The second kappa shape index (κ2) is 10.6. The third-order valence-electron chi connectivity index (χ3n) is 3.64. The molecule has 0 aliphatic rings. The normalized spacial score (nSPS) is 11.7. The van der Waals surface area contributed by atoms with Gasteiger partial charge in [0.15, 0.2) is 5.11 Å². The molecule has 0 fully saturated rings. The Bertz CT molecular complexity index is 1020. The molecule has 0 radical (unpaired) electrons. The minimum atomic E-state index is -2.01. The predicted octanol–water partition coefficient (Wildman–Crippen LogP) is 3.97. The Balaban J connectivity index is 2.10. The fourth-order valence-electron chi connectivity index (χ4n) is 2.35. The zero-order valence-electron chi connectivity index (χ0n) is 15.8. The second-order valence-electron chi connectivity index (χ2n) is 6.12. The fourth-order valence-corrected chi connectivity index (χ4v) is 2.91. The highest BCUT2D eigenvalue weighted by atomic mass is 35.6. The monoisotopic (exact) mass is 503 g/mol. The van der Waals surface area contributed by atoms with Crippen molar-refractivity contribution in [3.63, 3.8) is 0 Å². The van der Waals surface area contributed by atoms with Crippen molar-refractivity contribution >= 4 is 81.0 Å². The van der Waals surface area contributed by atoms with Crippen LogP contribution >= 0.6 is 47.0 Å². The number of hydrogen-bond donors (Lipinski definition) is 4. The van der Waals surface area contributed by atoms with E-state index in [4.69, 9.17) is 47.0 Å². The van der Waals surface area contributed by atoms with Crippen LogP contribution < -0.4 is 21.3 Å². The third kappa shape index (κ3) is 7.83. The number of nitrogens with one attached hydrogen (secondary N) is 4. The van der Waals surface area contributed by atoms with Crippen LogP contribution in [0.2, 0.25) is 0 Å². The Hall–Kier alpha value is -2.66. The van der Waals surface area contributed by atoms with Gasteiger partial charge in [-0.2, -0.15) is 0 Å². The number of alkyl halides is 3. The molecule has 164 valence electrons. The van der Waals surface area contributed by atoms with Gasteiger partial charge in [-0.25, -0.2) is 0 Å². The molecule has 4 N–H and O–H groups in total. The first-order chi connectivity index (χ1) is 14.5. The lowest BCUT2D eigenvalue weighted by molar-refractivity contribution is -0.384. The molecule has 0 aliphatic heterocycles. The number of carbonyl (C=O) groups is 2. The van der Waals surface area contributed by atoms with Gasteiger partial charge in [0.1, 0.15) is 6.17 Å². The largest absolute Gasteiger partial charge is 0.339 e. The van der Waals surface area contributed by atoms with Gasteiger partial charge < -0.3 is 21.3 Å². The van der Waals surface area contributed by atoms with Gasteiger partial charge in [-0.1, -0.05) is 46.9 Å². The number of carbonyl (C=O) groups excluding carboxylic acids is 2. The lowest BCUT2D eigenvalue weighted by Gasteiger charge is -2.27. The van der Waals surface area contributed by atoms with Gasteiger partial charge in [0.25, 0.3) is 11.6 Å². The maximum Gasteiger partial charge on any atom is 0.270 e. The molecule has 1 atom stereocenters. The quantitative estimate of drug-likeness (QED) is 0.154. The van der Waals surface area contributed by atoms with Crippen molar-refractivity contribution in [2.24, 2.45) is 0 Å². The number of nitro benzene ring substituents is 1. The number of anilines is 2. The average Bonchev–Trinajstić information content (AvgIpc) is 2.66. The van der Waals surface area contributed by atoms with Crippen molar-refractivity contribution in [3.05, 3.63) is 64.2 Å². The van der Waals surface area contributed by atoms with Crippen molar-refractivity contribution in [2.45, 2.75) is 16.9 Å². The number of non-ortho nitro benzene ring substituents is 1. The van der Waals surface area contributed by atoms with Gasteiger partial charge in [0, 0.05) is 36.0 Å². The number of hydrogen-bond acceptors (Lipinski definition) is 5. The molecule has 2 aromatic carbocycles. The minimum Gasteiger partial charge on any atom is -0.339 e. The molecule has 0 bridgehead atoms. The molecule has 9 nitrogen and oxygen atoms in total. The fraction of sp³-hybridized carbons (Fsp3) is 0.167. The van der Waals surface area contributed by atoms with Crippen molar-refractivity contribution < 1.29 is 14.5 Å². The van der Waals surface area contributed by atoms with E-state index in [1.54, 1.807) is 24.3 Å². The van der Waals surface area contributed by atoms with Crippen LogP contribution in [0.4, 0.5) is 17.1 Å². The number of nitrogens with zero attached hydrogens (tertiary/aromatic N) is 1. The summed E-state index contributed by atoms with van der Waals surface area (Å²) in [7, 11) is 0. The summed E-state index contributed by atoms with van der Waals surface area (Å²) < 4.78 is -2.01. The SMILES string of the molecule is CC(=O)Nc1cccc(NC(=S)NC(NC(=O)c2cccc([N+](=O)[O-])c2)C(Cl)(Cl)Cl)c1. The van der Waals surface area contributed by atoms with Gasteiger partial charge >= 0.3 is 0 Å². The maximum atomic E-state index is 12.5. The van der Waals surface area contributed by atoms with Crippen LogP contribution in [0.1, 0.15) is 17.3 Å². The highest BCUT2D eigenvalue weighted by molar-refractivity contribution is 7.80. The summed E-state index contributed by atoms with van der Waals surface area (Å²) in [5.74, 6) is -0.957. The smallest absolute Gasteiger partial charge is 0.270 e. The Labute approximate surface area is 197 Å². The van der Waals surface area contributed by atoms with E-state index in [0.29, 0.717) is 11.4 Å². The zero-order valence-corrected chi connectivity index (χ0v) is 18.9. The molecule has 0 saturated heterocycles. The lowest BCUT2D eigenvalue weighted by Crippen LogP contribution is -2.56. The molecule has 13 heteroatoms. The molecule has 0 saturated carbocycles. The average molecular weight is 505 g/mol. The molecular weight excluding hydrogens is 489 g/mol. The first kappa shape index (κ1) is 24.6. The van der Waals surface area contributed by atoms with Crippen molar-refractivity contribution in [2.75, 3.05) is 10.6 Å². The summed E-state index contributed by atoms with van der Waals surface area (Å²) in [4.78, 5) is 34.0. The number of halogens is 3. The summed E-state index contributed by atoms with van der Waals surface area (Å²) in [5.41, 5.74) is 0.799. The molecule has 2 rings (SSSR count). The van der Waals surface area contributed by atoms with Crippen molar-refractivity contribution in [1.29, 1.82) is 0 Å². The molecule has 2 aromatic rings. The first-order valence-corrected chi connectivity index (χ1v) is 10.1. The highest BCUT2D eigenvalue weighted by Crippen LogP contribution is 2.29. The van der Waals surface area contributed by atoms with E-state index in [-0.39, 0.29) is 22.3 Å². The highest BCUT2D eigenvalue weighted by Gasteiger charge is 2.35. The van der Waals surface area contributed by atoms with E-state index in [9.17, 15) is 19.7 Å². The molecule has 0 aromatic heterocycles. The summed E-state index contributed by atoms with van der Waals surface area (Å²) in [5, 5.41) is 21.5. The number of amides is 2. The first-order valence-electron chi connectivity index (χ1n) is 8.53. The molecular formula is C18H16Cl3N5O4S. The van der Waals surface area contributed by atoms with Gasteiger partial charge in [-0.15, -0.1) is 0 Å². The summed E-state index contributed by atoms with van der Waals surface area (Å²) >= 11 is 23.1. The van der Waals surface area contributed by atoms with Gasteiger partial charge in [0.05, 0.1) is 4.92 Å². The maximum absolute atomic E-state index is 12.5. The molecule has 2 amide bonds. The third-order valence-corrected chi connectivity index (χ3v) is 4.51. The number of rotatable bonds is 6. The summed E-state index contributed by atoms with van der Waals surface area (Å²) in [6.45, 7) is 1.38. The van der Waals surface area contributed by atoms with Crippen LogP contribution in [0.25, 0.3) is 0 Å². The number of benzene rings is 2. The standard InChI is InChI=1S/C18H16Cl3N5O4S/c1-10(27)22-12-5-3-6-13(9-12)23-17(31)25-16(18(19,20)21)24-15(28)11-4-2-7-14(8-11)26(29)30/h2-9,16H,1H3,(H,22,27)(H,24,28)(H2,23,25,31). The summed E-state index contributed by atoms with van der Waals surface area (Å²) in [6, 6.07) is 11.8. The Morgan fingerprint density at radius 1 is 1.03 bits per heavy atom. The predicted molar refractivity (Wildman–Crippen MR) is 125 cm³/mol. The Kier molecular flexibility index (Phi) is 8.40. The second-order valence-corrected chi connectivity index (χ2v) is 8.89. The molecule has 31 heavy (non-hydrogen) atoms. The number of thiocarbonyl (C=S) groups is 1. The number of nitro groups is 1. The van der Waals surface area contributed by atoms with Crippen molar-refractivity contribution in [1.82, 2.24) is 10.6 Å². The van der Waals surface area contributed by atoms with E-state index in [2.05, 4.69) is 21.3 Å². The van der Waals surface area contributed by atoms with Crippen LogP contribution in [0.3, 0.4) is 0 Å². The van der Waals surface area contributed by atoms with E-state index in [1.165, 1.54) is 25.1 Å². The minimum absolute atomic E-state index is 0.00265. The van der Waals surface area contributed by atoms with E-state index < -0.39 is 20.8 Å². The zero-order chi connectivity index (χ0) is 23.2. The van der Waals surface area contributed by atoms with Gasteiger partial charge in [-0.3, -0.25) is 19.7 Å².